The molecule has 7 heteroatoms. The van der Waals surface area contributed by atoms with E-state index in [9.17, 15) is 0 Å². The molecule has 2 aromatic rings. The highest BCUT2D eigenvalue weighted by Gasteiger charge is 2.09. The van der Waals surface area contributed by atoms with Gasteiger partial charge in [0.15, 0.2) is 5.96 Å². The van der Waals surface area contributed by atoms with Crippen molar-refractivity contribution in [2.75, 3.05) is 32.6 Å². The van der Waals surface area contributed by atoms with Crippen LogP contribution in [0.3, 0.4) is 0 Å². The summed E-state index contributed by atoms with van der Waals surface area (Å²) in [5, 5.41) is 3.38. The van der Waals surface area contributed by atoms with Gasteiger partial charge in [0.2, 0.25) is 0 Å². The number of nitrogens with zero attached hydrogens (tertiary/aromatic N) is 3. The number of hydrogen-bond donors (Lipinski definition) is 2. The monoisotopic (exact) mass is 459 g/mol. The van der Waals surface area contributed by atoms with Gasteiger partial charge in [-0.1, -0.05) is 30.3 Å². The number of benzene rings is 1. The molecule has 0 saturated carbocycles. The van der Waals surface area contributed by atoms with Gasteiger partial charge in [0.1, 0.15) is 5.82 Å². The van der Waals surface area contributed by atoms with Crippen LogP contribution in [0.15, 0.2) is 41.5 Å². The quantitative estimate of drug-likeness (QED) is 0.288. The van der Waals surface area contributed by atoms with Crippen LogP contribution >= 0.6 is 35.7 Å². The molecule has 1 heterocycles. The number of H-pyrrole nitrogens is 1. The summed E-state index contributed by atoms with van der Waals surface area (Å²) in [7, 11) is 3.83. The van der Waals surface area contributed by atoms with E-state index in [1.807, 2.05) is 50.3 Å². The molecule has 1 aromatic carbocycles. The molecule has 5 nitrogen and oxygen atoms in total. The number of imidazole rings is 1. The molecule has 0 atom stereocenters. The van der Waals surface area contributed by atoms with Gasteiger partial charge in [0.25, 0.3) is 0 Å². The molecule has 0 radical (unpaired) electrons. The van der Waals surface area contributed by atoms with Gasteiger partial charge in [0.05, 0.1) is 18.4 Å². The number of aliphatic imine (C=N–C) groups is 1. The first kappa shape index (κ1) is 20.8. The third-order valence-electron chi connectivity index (χ3n) is 3.48. The van der Waals surface area contributed by atoms with Crippen LogP contribution < -0.4 is 5.32 Å². The van der Waals surface area contributed by atoms with Gasteiger partial charge in [-0.05, 0) is 24.0 Å². The molecule has 0 aliphatic carbocycles. The Hall–Kier alpha value is -1.22. The number of thioether (sulfide) groups is 1. The molecule has 2 rings (SSSR count). The van der Waals surface area contributed by atoms with Crippen LogP contribution in [0.25, 0.3) is 11.3 Å². The predicted molar refractivity (Wildman–Crippen MR) is 115 cm³/mol. The number of aromatic nitrogens is 2. The van der Waals surface area contributed by atoms with Gasteiger partial charge in [-0.2, -0.15) is 11.8 Å². The van der Waals surface area contributed by atoms with Gasteiger partial charge in [0, 0.05) is 20.6 Å². The van der Waals surface area contributed by atoms with Crippen LogP contribution in [0.1, 0.15) is 12.2 Å². The van der Waals surface area contributed by atoms with E-state index in [0.717, 1.165) is 41.8 Å². The molecule has 0 aliphatic rings. The van der Waals surface area contributed by atoms with Gasteiger partial charge < -0.3 is 15.2 Å². The minimum Gasteiger partial charge on any atom is -0.356 e. The van der Waals surface area contributed by atoms with Crippen molar-refractivity contribution in [2.24, 2.45) is 4.99 Å². The zero-order valence-corrected chi connectivity index (χ0v) is 17.6. The smallest absolute Gasteiger partial charge is 0.193 e. The van der Waals surface area contributed by atoms with Gasteiger partial charge in [-0.15, -0.1) is 24.0 Å². The molecule has 1 aromatic heterocycles. The Bertz CT molecular complexity index is 614. The number of rotatable bonds is 7. The van der Waals surface area contributed by atoms with E-state index in [2.05, 4.69) is 43.6 Å². The van der Waals surface area contributed by atoms with Crippen molar-refractivity contribution >= 4 is 41.7 Å². The minimum absolute atomic E-state index is 0. The summed E-state index contributed by atoms with van der Waals surface area (Å²) in [5.41, 5.74) is 2.19. The van der Waals surface area contributed by atoms with Crippen LogP contribution in [0.5, 0.6) is 0 Å². The number of nitrogens with one attached hydrogen (secondary N) is 2. The maximum Gasteiger partial charge on any atom is 0.193 e. The van der Waals surface area contributed by atoms with Crippen molar-refractivity contribution in [1.29, 1.82) is 0 Å². The van der Waals surface area contributed by atoms with Crippen LogP contribution in [-0.2, 0) is 6.54 Å². The second kappa shape index (κ2) is 11.4. The van der Waals surface area contributed by atoms with Crippen LogP contribution in [0.4, 0.5) is 0 Å². The van der Waals surface area contributed by atoms with Crippen molar-refractivity contribution in [3.63, 3.8) is 0 Å². The molecule has 0 amide bonds. The normalized spacial score (nSPS) is 11.0. The second-order valence-electron chi connectivity index (χ2n) is 5.29. The molecule has 2 N–H and O–H groups in total. The molecule has 0 unspecified atom stereocenters. The Kier molecular flexibility index (Phi) is 9.85. The lowest BCUT2D eigenvalue weighted by molar-refractivity contribution is 0.464. The highest BCUT2D eigenvalue weighted by molar-refractivity contribution is 14.0. The zero-order chi connectivity index (χ0) is 16.5. The molecule has 24 heavy (non-hydrogen) atoms. The fourth-order valence-electron chi connectivity index (χ4n) is 2.31. The maximum atomic E-state index is 4.48. The lowest BCUT2D eigenvalue weighted by Gasteiger charge is -2.21. The summed E-state index contributed by atoms with van der Waals surface area (Å²) in [6.07, 6.45) is 5.14. The first-order valence-corrected chi connectivity index (χ1v) is 9.14. The Morgan fingerprint density at radius 2 is 2.08 bits per heavy atom. The fourth-order valence-corrected chi connectivity index (χ4v) is 2.74. The first-order valence-electron chi connectivity index (χ1n) is 7.74. The second-order valence-corrected chi connectivity index (χ2v) is 6.27. The molecular weight excluding hydrogens is 433 g/mol. The topological polar surface area (TPSA) is 56.3 Å². The van der Waals surface area contributed by atoms with Crippen molar-refractivity contribution < 1.29 is 0 Å². The van der Waals surface area contributed by atoms with E-state index in [1.54, 1.807) is 0 Å². The van der Waals surface area contributed by atoms with Crippen LogP contribution in [0, 0.1) is 0 Å². The SMILES string of the molecule is CN=C(NCCCSC)N(C)Cc1ncc(-c2ccccc2)[nH]1.I. The summed E-state index contributed by atoms with van der Waals surface area (Å²) in [6, 6.07) is 10.2. The molecule has 0 fully saturated rings. The zero-order valence-electron chi connectivity index (χ0n) is 14.5. The van der Waals surface area contributed by atoms with Gasteiger partial charge in [-0.25, -0.2) is 4.98 Å². The van der Waals surface area contributed by atoms with Crippen LogP contribution in [0.2, 0.25) is 0 Å². The van der Waals surface area contributed by atoms with E-state index in [1.165, 1.54) is 0 Å². The third kappa shape index (κ3) is 6.35. The number of guanidine groups is 1. The fraction of sp³-hybridized carbons (Fsp3) is 0.412. The van der Waals surface area contributed by atoms with E-state index in [0.29, 0.717) is 6.54 Å². The number of halogens is 1. The van der Waals surface area contributed by atoms with E-state index < -0.39 is 0 Å². The van der Waals surface area contributed by atoms with Gasteiger partial charge in [-0.3, -0.25) is 4.99 Å². The predicted octanol–water partition coefficient (Wildman–Crippen LogP) is 3.46. The summed E-state index contributed by atoms with van der Waals surface area (Å²) in [6.45, 7) is 1.63. The Morgan fingerprint density at radius 1 is 1.33 bits per heavy atom. The van der Waals surface area contributed by atoms with Crippen molar-refractivity contribution in [3.8, 4) is 11.3 Å². The Balaban J connectivity index is 0.00000288. The average Bonchev–Trinajstić information content (AvgIpc) is 3.04. The third-order valence-corrected chi connectivity index (χ3v) is 4.18. The molecule has 0 spiro atoms. The number of hydrogen-bond acceptors (Lipinski definition) is 3. The lowest BCUT2D eigenvalue weighted by Crippen LogP contribution is -2.39. The summed E-state index contributed by atoms with van der Waals surface area (Å²) in [5.74, 6) is 2.98. The largest absolute Gasteiger partial charge is 0.356 e. The van der Waals surface area contributed by atoms with E-state index in [4.69, 9.17) is 0 Å². The standard InChI is InChI=1S/C17H25N5S.HI/c1-18-17(19-10-7-11-23-3)22(2)13-16-20-12-15(21-16)14-8-5-4-6-9-14;/h4-6,8-9,12H,7,10-11,13H2,1-3H3,(H,18,19)(H,20,21);1H. The summed E-state index contributed by atoms with van der Waals surface area (Å²) >= 11 is 1.86. The first-order chi connectivity index (χ1) is 11.2. The summed E-state index contributed by atoms with van der Waals surface area (Å²) in [4.78, 5) is 14.3. The maximum absolute atomic E-state index is 4.48. The average molecular weight is 459 g/mol. The molecule has 0 aliphatic heterocycles. The highest BCUT2D eigenvalue weighted by atomic mass is 127. The molecule has 0 bridgehead atoms. The molecular formula is C17H26IN5S. The lowest BCUT2D eigenvalue weighted by atomic mass is 10.2. The van der Waals surface area contributed by atoms with Crippen molar-refractivity contribution in [3.05, 3.63) is 42.4 Å². The van der Waals surface area contributed by atoms with Crippen molar-refractivity contribution in [2.45, 2.75) is 13.0 Å². The Labute approximate surface area is 165 Å². The number of aromatic amines is 1. The van der Waals surface area contributed by atoms with Crippen molar-refractivity contribution in [1.82, 2.24) is 20.2 Å². The molecule has 132 valence electrons. The van der Waals surface area contributed by atoms with Gasteiger partial charge >= 0.3 is 0 Å². The summed E-state index contributed by atoms with van der Waals surface area (Å²) < 4.78 is 0. The Morgan fingerprint density at radius 3 is 2.75 bits per heavy atom. The van der Waals surface area contributed by atoms with E-state index >= 15 is 0 Å². The minimum atomic E-state index is 0. The van der Waals surface area contributed by atoms with Crippen LogP contribution in [-0.4, -0.2) is 53.5 Å². The molecule has 0 saturated heterocycles. The highest BCUT2D eigenvalue weighted by Crippen LogP contribution is 2.16. The van der Waals surface area contributed by atoms with E-state index in [-0.39, 0.29) is 24.0 Å².